The molecule has 7 nitrogen and oxygen atoms in total. The van der Waals surface area contributed by atoms with Gasteiger partial charge in [0.15, 0.2) is 0 Å². The summed E-state index contributed by atoms with van der Waals surface area (Å²) >= 11 is 0. The van der Waals surface area contributed by atoms with E-state index in [1.54, 1.807) is 24.4 Å². The van der Waals surface area contributed by atoms with Crippen molar-refractivity contribution in [1.82, 2.24) is 14.1 Å². The number of hydrogen-bond acceptors (Lipinski definition) is 4. The zero-order valence-corrected chi connectivity index (χ0v) is 21.2. The molecule has 2 aliphatic rings. The van der Waals surface area contributed by atoms with Crippen LogP contribution in [0.25, 0.3) is 11.3 Å². The van der Waals surface area contributed by atoms with Crippen LogP contribution in [0.1, 0.15) is 54.1 Å². The van der Waals surface area contributed by atoms with Gasteiger partial charge in [-0.15, -0.1) is 0 Å². The van der Waals surface area contributed by atoms with Gasteiger partial charge in [0.25, 0.3) is 5.91 Å². The quantitative estimate of drug-likeness (QED) is 0.500. The highest BCUT2D eigenvalue weighted by Crippen LogP contribution is 2.34. The van der Waals surface area contributed by atoms with Crippen molar-refractivity contribution < 1.29 is 18.1 Å². The molecule has 0 spiro atoms. The molecule has 1 amide bonds. The SMILES string of the molecule is Cc1ccc(NC(=O)c2cnn(C3CCCCC3)c2-c2ccc(F)cc2)cc1S(=O)N1CCOCC1. The number of aromatic nitrogens is 2. The van der Waals surface area contributed by atoms with E-state index in [9.17, 15) is 13.4 Å². The van der Waals surface area contributed by atoms with Crippen molar-refractivity contribution in [1.29, 1.82) is 0 Å². The minimum absolute atomic E-state index is 0.210. The number of aryl methyl sites for hydroxylation is 1. The molecule has 190 valence electrons. The van der Waals surface area contributed by atoms with Crippen LogP contribution >= 0.6 is 0 Å². The fourth-order valence-corrected chi connectivity index (χ4v) is 6.27. The lowest BCUT2D eigenvalue weighted by atomic mass is 9.95. The van der Waals surface area contributed by atoms with E-state index in [2.05, 4.69) is 10.4 Å². The molecule has 1 aromatic heterocycles. The topological polar surface area (TPSA) is 76.5 Å². The van der Waals surface area contributed by atoms with Gasteiger partial charge in [0.1, 0.15) is 16.8 Å². The van der Waals surface area contributed by atoms with Crippen molar-refractivity contribution in [3.63, 3.8) is 0 Å². The summed E-state index contributed by atoms with van der Waals surface area (Å²) in [6.45, 7) is 4.23. The first-order valence-corrected chi connectivity index (χ1v) is 13.6. The van der Waals surface area contributed by atoms with E-state index >= 15 is 0 Å². The maximum atomic E-state index is 13.7. The van der Waals surface area contributed by atoms with Gasteiger partial charge >= 0.3 is 0 Å². The molecule has 36 heavy (non-hydrogen) atoms. The third kappa shape index (κ3) is 5.28. The van der Waals surface area contributed by atoms with Gasteiger partial charge in [-0.25, -0.2) is 12.9 Å². The van der Waals surface area contributed by atoms with Crippen LogP contribution in [-0.4, -0.2) is 50.5 Å². The normalized spacial score (nSPS) is 18.2. The van der Waals surface area contributed by atoms with Gasteiger partial charge in [-0.3, -0.25) is 9.48 Å². The second-order valence-corrected chi connectivity index (χ2v) is 10.8. The van der Waals surface area contributed by atoms with Gasteiger partial charge in [0, 0.05) is 24.3 Å². The maximum absolute atomic E-state index is 13.7. The molecule has 1 atom stereocenters. The Morgan fingerprint density at radius 3 is 2.53 bits per heavy atom. The van der Waals surface area contributed by atoms with Crippen LogP contribution in [-0.2, 0) is 15.7 Å². The van der Waals surface area contributed by atoms with Crippen LogP contribution in [0.2, 0.25) is 0 Å². The molecule has 1 unspecified atom stereocenters. The van der Waals surface area contributed by atoms with E-state index in [1.807, 2.05) is 28.0 Å². The highest BCUT2D eigenvalue weighted by molar-refractivity contribution is 7.82. The van der Waals surface area contributed by atoms with Crippen LogP contribution in [0.4, 0.5) is 10.1 Å². The number of halogens is 1. The summed E-state index contributed by atoms with van der Waals surface area (Å²) in [5.41, 5.74) is 3.35. The summed E-state index contributed by atoms with van der Waals surface area (Å²) in [4.78, 5) is 14.2. The average molecular weight is 511 g/mol. The third-order valence-corrected chi connectivity index (χ3v) is 8.57. The minimum Gasteiger partial charge on any atom is -0.379 e. The molecule has 1 saturated heterocycles. The molecular formula is C27H31FN4O3S. The van der Waals surface area contributed by atoms with Crippen LogP contribution < -0.4 is 5.32 Å². The second-order valence-electron chi connectivity index (χ2n) is 9.38. The van der Waals surface area contributed by atoms with Crippen molar-refractivity contribution >= 4 is 22.6 Å². The summed E-state index contributed by atoms with van der Waals surface area (Å²) < 4.78 is 36.1. The fourth-order valence-electron chi connectivity index (χ4n) is 4.94. The number of rotatable bonds is 6. The molecule has 2 aromatic carbocycles. The molecule has 2 heterocycles. The fraction of sp³-hybridized carbons (Fsp3) is 0.407. The second kappa shape index (κ2) is 11.0. The molecule has 1 saturated carbocycles. The number of carbonyl (C=O) groups excluding carboxylic acids is 1. The highest BCUT2D eigenvalue weighted by Gasteiger charge is 2.26. The first kappa shape index (κ1) is 24.8. The van der Waals surface area contributed by atoms with Gasteiger partial charge in [-0.2, -0.15) is 5.10 Å². The Morgan fingerprint density at radius 1 is 1.08 bits per heavy atom. The van der Waals surface area contributed by atoms with E-state index < -0.39 is 11.0 Å². The maximum Gasteiger partial charge on any atom is 0.259 e. The first-order valence-electron chi connectivity index (χ1n) is 12.5. The lowest BCUT2D eigenvalue weighted by Crippen LogP contribution is -2.37. The van der Waals surface area contributed by atoms with Gasteiger partial charge in [0.2, 0.25) is 0 Å². The van der Waals surface area contributed by atoms with Crippen LogP contribution in [0.15, 0.2) is 53.6 Å². The molecule has 0 bridgehead atoms. The summed E-state index contributed by atoms with van der Waals surface area (Å²) in [6.07, 6.45) is 7.07. The Kier molecular flexibility index (Phi) is 7.59. The molecular weight excluding hydrogens is 479 g/mol. The number of nitrogens with one attached hydrogen (secondary N) is 1. The Hall–Kier alpha value is -2.88. The Balaban J connectivity index is 1.44. The molecule has 1 aliphatic carbocycles. The number of benzene rings is 2. The Morgan fingerprint density at radius 2 is 1.81 bits per heavy atom. The van der Waals surface area contributed by atoms with Gasteiger partial charge in [-0.1, -0.05) is 25.3 Å². The Labute approximate surface area is 213 Å². The number of nitrogens with zero attached hydrogens (tertiary/aromatic N) is 3. The number of hydrogen-bond donors (Lipinski definition) is 1. The summed E-state index contributed by atoms with van der Waals surface area (Å²) in [5, 5.41) is 7.59. The van der Waals surface area contributed by atoms with E-state index in [0.717, 1.165) is 36.8 Å². The number of amides is 1. The van der Waals surface area contributed by atoms with Crippen molar-refractivity contribution in [2.75, 3.05) is 31.6 Å². The lowest BCUT2D eigenvalue weighted by Gasteiger charge is -2.26. The predicted octanol–water partition coefficient (Wildman–Crippen LogP) is 5.11. The molecule has 0 radical (unpaired) electrons. The summed E-state index contributed by atoms with van der Waals surface area (Å²) in [6, 6.07) is 11.9. The molecule has 5 rings (SSSR count). The Bertz CT molecular complexity index is 1250. The van der Waals surface area contributed by atoms with Crippen molar-refractivity contribution in [2.24, 2.45) is 0 Å². The molecule has 3 aromatic rings. The monoisotopic (exact) mass is 510 g/mol. The van der Waals surface area contributed by atoms with Crippen LogP contribution in [0.3, 0.4) is 0 Å². The molecule has 2 fully saturated rings. The minimum atomic E-state index is -1.34. The summed E-state index contributed by atoms with van der Waals surface area (Å²) in [5.74, 6) is -0.628. The zero-order chi connectivity index (χ0) is 25.1. The summed E-state index contributed by atoms with van der Waals surface area (Å²) in [7, 11) is -1.34. The van der Waals surface area contributed by atoms with E-state index in [1.165, 1.54) is 18.6 Å². The lowest BCUT2D eigenvalue weighted by molar-refractivity contribution is 0.0752. The third-order valence-electron chi connectivity index (χ3n) is 6.92. The van der Waals surface area contributed by atoms with Crippen molar-refractivity contribution in [2.45, 2.75) is 50.0 Å². The first-order chi connectivity index (χ1) is 17.5. The van der Waals surface area contributed by atoms with Crippen molar-refractivity contribution in [3.05, 3.63) is 65.6 Å². The standard InChI is InChI=1S/C27H31FN4O3S/c1-19-7-12-22(17-25(19)36(34)31-13-15-35-16-14-31)30-27(33)24-18-29-32(23-5-3-2-4-6-23)26(24)20-8-10-21(28)11-9-20/h7-12,17-18,23H,2-6,13-16H2,1H3,(H,30,33). The van der Waals surface area contributed by atoms with Gasteiger partial charge < -0.3 is 10.1 Å². The molecule has 9 heteroatoms. The largest absolute Gasteiger partial charge is 0.379 e. The predicted molar refractivity (Wildman–Crippen MR) is 138 cm³/mol. The average Bonchev–Trinajstić information content (AvgIpc) is 3.36. The smallest absolute Gasteiger partial charge is 0.259 e. The number of anilines is 1. The van der Waals surface area contributed by atoms with Gasteiger partial charge in [-0.05, 0) is 61.7 Å². The number of morpholine rings is 1. The van der Waals surface area contributed by atoms with Crippen LogP contribution in [0.5, 0.6) is 0 Å². The van der Waals surface area contributed by atoms with Gasteiger partial charge in [0.05, 0.1) is 41.6 Å². The van der Waals surface area contributed by atoms with E-state index in [4.69, 9.17) is 4.74 Å². The number of ether oxygens (including phenoxy) is 1. The number of carbonyl (C=O) groups is 1. The van der Waals surface area contributed by atoms with Crippen LogP contribution in [0, 0.1) is 12.7 Å². The van der Waals surface area contributed by atoms with E-state index in [0.29, 0.717) is 48.1 Å². The van der Waals surface area contributed by atoms with Crippen molar-refractivity contribution in [3.8, 4) is 11.3 Å². The molecule has 1 N–H and O–H groups in total. The zero-order valence-electron chi connectivity index (χ0n) is 20.4. The molecule has 1 aliphatic heterocycles. The highest BCUT2D eigenvalue weighted by atomic mass is 32.2. The van der Waals surface area contributed by atoms with E-state index in [-0.39, 0.29) is 17.8 Å².